The van der Waals surface area contributed by atoms with Gasteiger partial charge < -0.3 is 14.7 Å². The lowest BCUT2D eigenvalue weighted by Crippen LogP contribution is -2.44. The molecule has 1 aliphatic heterocycles. The van der Waals surface area contributed by atoms with E-state index in [1.807, 2.05) is 0 Å². The van der Waals surface area contributed by atoms with Crippen molar-refractivity contribution in [1.29, 1.82) is 0 Å². The first-order valence-electron chi connectivity index (χ1n) is 6.20. The van der Waals surface area contributed by atoms with Gasteiger partial charge in [0.15, 0.2) is 6.61 Å². The molecule has 1 N–H and O–H groups in total. The predicted octanol–water partition coefficient (Wildman–Crippen LogP) is 3.01. The van der Waals surface area contributed by atoms with Gasteiger partial charge in [0.2, 0.25) is 0 Å². The number of aliphatic hydroxyl groups excluding tert-OH is 1. The van der Waals surface area contributed by atoms with Crippen LogP contribution in [0.4, 0.5) is 0 Å². The topological polar surface area (TPSA) is 49.8 Å². The Hall–Kier alpha value is -0.680. The Morgan fingerprint density at radius 2 is 2.00 bits per heavy atom. The third kappa shape index (κ3) is 3.92. The average Bonchev–Trinajstić information content (AvgIpc) is 2.41. The van der Waals surface area contributed by atoms with Gasteiger partial charge in [0.25, 0.3) is 5.91 Å². The quantitative estimate of drug-likeness (QED) is 0.862. The number of hydrogen-bond acceptors (Lipinski definition) is 3. The van der Waals surface area contributed by atoms with Gasteiger partial charge in [-0.15, -0.1) is 0 Å². The number of carbonyl (C=O) groups excluding carboxylic acids is 1. The van der Waals surface area contributed by atoms with Crippen LogP contribution in [-0.4, -0.2) is 41.7 Å². The highest BCUT2D eigenvalue weighted by molar-refractivity contribution is 6.43. The molecule has 1 aromatic rings. The van der Waals surface area contributed by atoms with Crippen LogP contribution in [0.3, 0.4) is 0 Å². The van der Waals surface area contributed by atoms with Crippen LogP contribution in [0.5, 0.6) is 5.75 Å². The molecule has 1 saturated heterocycles. The molecular weight excluding hydrogens is 325 g/mol. The lowest BCUT2D eigenvalue weighted by Gasteiger charge is -2.30. The number of ether oxygens (including phenoxy) is 1. The van der Waals surface area contributed by atoms with E-state index in [1.165, 1.54) is 12.1 Å². The summed E-state index contributed by atoms with van der Waals surface area (Å²) in [6.45, 7) is 0.829. The van der Waals surface area contributed by atoms with Crippen molar-refractivity contribution in [3.8, 4) is 5.75 Å². The van der Waals surface area contributed by atoms with Crippen LogP contribution >= 0.6 is 34.8 Å². The molecule has 0 bridgehead atoms. The maximum absolute atomic E-state index is 12.0. The summed E-state index contributed by atoms with van der Waals surface area (Å²) in [6, 6.07) is 2.94. The Balaban J connectivity index is 1.95. The number of benzene rings is 1. The predicted molar refractivity (Wildman–Crippen MR) is 78.8 cm³/mol. The number of hydrogen-bond donors (Lipinski definition) is 1. The van der Waals surface area contributed by atoms with Gasteiger partial charge in [-0.05, 0) is 18.9 Å². The molecule has 20 heavy (non-hydrogen) atoms. The van der Waals surface area contributed by atoms with E-state index in [-0.39, 0.29) is 12.5 Å². The minimum absolute atomic E-state index is 0.148. The van der Waals surface area contributed by atoms with E-state index in [4.69, 9.17) is 39.5 Å². The van der Waals surface area contributed by atoms with E-state index in [9.17, 15) is 9.90 Å². The summed E-state index contributed by atoms with van der Waals surface area (Å²) in [7, 11) is 0. The van der Waals surface area contributed by atoms with Gasteiger partial charge in [-0.1, -0.05) is 34.8 Å². The lowest BCUT2D eigenvalue weighted by atomic mass is 10.1. The third-order valence-corrected chi connectivity index (χ3v) is 4.09. The van der Waals surface area contributed by atoms with Gasteiger partial charge in [-0.2, -0.15) is 0 Å². The molecule has 0 spiro atoms. The van der Waals surface area contributed by atoms with Gasteiger partial charge in [0.1, 0.15) is 5.75 Å². The van der Waals surface area contributed by atoms with Crippen LogP contribution < -0.4 is 4.74 Å². The summed E-state index contributed by atoms with van der Waals surface area (Å²) in [6.07, 6.45) is 1.06. The molecule has 0 aliphatic carbocycles. The number of amides is 1. The molecule has 1 heterocycles. The zero-order chi connectivity index (χ0) is 14.7. The number of halogens is 3. The Bertz CT molecular complexity index is 510. The number of β-amino-alcohol motifs (C(OH)–C–C–N with tert-alkyl or cyclic N) is 1. The Kier molecular flexibility index (Phi) is 5.38. The van der Waals surface area contributed by atoms with Crippen molar-refractivity contribution in [2.45, 2.75) is 18.9 Å². The molecule has 2 rings (SSSR count). The fourth-order valence-electron chi connectivity index (χ4n) is 2.03. The zero-order valence-corrected chi connectivity index (χ0v) is 12.9. The van der Waals surface area contributed by atoms with E-state index in [1.54, 1.807) is 4.90 Å². The number of aliphatic hydroxyl groups is 1. The van der Waals surface area contributed by atoms with Crippen molar-refractivity contribution in [2.75, 3.05) is 19.7 Å². The molecular formula is C13H14Cl3NO3. The van der Waals surface area contributed by atoms with Crippen molar-refractivity contribution in [3.05, 3.63) is 27.2 Å². The second kappa shape index (κ2) is 6.85. The van der Waals surface area contributed by atoms with E-state index in [0.717, 1.165) is 12.8 Å². The van der Waals surface area contributed by atoms with Crippen LogP contribution in [0.15, 0.2) is 12.1 Å². The van der Waals surface area contributed by atoms with Crippen LogP contribution in [0.2, 0.25) is 15.1 Å². The summed E-state index contributed by atoms with van der Waals surface area (Å²) in [5, 5.41) is 10.5. The molecule has 0 aromatic heterocycles. The number of rotatable bonds is 3. The van der Waals surface area contributed by atoms with E-state index >= 15 is 0 Å². The van der Waals surface area contributed by atoms with Crippen LogP contribution in [0, 0.1) is 0 Å². The Morgan fingerprint density at radius 3 is 2.70 bits per heavy atom. The Morgan fingerprint density at radius 1 is 1.30 bits per heavy atom. The lowest BCUT2D eigenvalue weighted by molar-refractivity contribution is -0.136. The first-order chi connectivity index (χ1) is 9.47. The summed E-state index contributed by atoms with van der Waals surface area (Å²) in [5.74, 6) is 0.123. The number of likely N-dealkylation sites (tertiary alicyclic amines) is 1. The summed E-state index contributed by atoms with van der Waals surface area (Å²) >= 11 is 17.6. The molecule has 1 amide bonds. The standard InChI is InChI=1S/C13H14Cl3NO3/c14-9-4-11(16)12(5-10(9)15)20-7-13(19)17-3-1-2-8(18)6-17/h4-5,8,18H,1-3,6-7H2. The number of carbonyl (C=O) groups is 1. The smallest absolute Gasteiger partial charge is 0.260 e. The largest absolute Gasteiger partial charge is 0.482 e. The minimum Gasteiger partial charge on any atom is -0.482 e. The summed E-state index contributed by atoms with van der Waals surface area (Å²) < 4.78 is 5.37. The average molecular weight is 339 g/mol. The van der Waals surface area contributed by atoms with Crippen molar-refractivity contribution >= 4 is 40.7 Å². The van der Waals surface area contributed by atoms with Gasteiger partial charge in [-0.3, -0.25) is 4.79 Å². The fraction of sp³-hybridized carbons (Fsp3) is 0.462. The molecule has 1 atom stereocenters. The van der Waals surface area contributed by atoms with E-state index < -0.39 is 6.10 Å². The molecule has 1 aliphatic rings. The monoisotopic (exact) mass is 337 g/mol. The van der Waals surface area contributed by atoms with Crippen molar-refractivity contribution in [3.63, 3.8) is 0 Å². The van der Waals surface area contributed by atoms with E-state index in [0.29, 0.717) is 33.9 Å². The molecule has 1 fully saturated rings. The van der Waals surface area contributed by atoms with Crippen LogP contribution in [-0.2, 0) is 4.79 Å². The molecule has 4 nitrogen and oxygen atoms in total. The van der Waals surface area contributed by atoms with Crippen molar-refractivity contribution in [2.24, 2.45) is 0 Å². The zero-order valence-electron chi connectivity index (χ0n) is 10.6. The normalized spacial score (nSPS) is 19.0. The molecule has 1 aromatic carbocycles. The number of nitrogens with zero attached hydrogens (tertiary/aromatic N) is 1. The molecule has 7 heteroatoms. The van der Waals surface area contributed by atoms with Crippen LogP contribution in [0.1, 0.15) is 12.8 Å². The highest BCUT2D eigenvalue weighted by Gasteiger charge is 2.22. The minimum atomic E-state index is -0.457. The molecule has 110 valence electrons. The number of piperidine rings is 1. The summed E-state index contributed by atoms with van der Waals surface area (Å²) in [4.78, 5) is 13.6. The van der Waals surface area contributed by atoms with Gasteiger partial charge in [0.05, 0.1) is 21.2 Å². The first kappa shape index (κ1) is 15.7. The van der Waals surface area contributed by atoms with Gasteiger partial charge >= 0.3 is 0 Å². The van der Waals surface area contributed by atoms with Crippen molar-refractivity contribution in [1.82, 2.24) is 4.90 Å². The molecule has 0 saturated carbocycles. The van der Waals surface area contributed by atoms with Crippen molar-refractivity contribution < 1.29 is 14.6 Å². The second-order valence-corrected chi connectivity index (χ2v) is 5.84. The highest BCUT2D eigenvalue weighted by Crippen LogP contribution is 2.33. The SMILES string of the molecule is O=C(COc1cc(Cl)c(Cl)cc1Cl)N1CCCC(O)C1. The second-order valence-electron chi connectivity index (χ2n) is 4.62. The summed E-state index contributed by atoms with van der Waals surface area (Å²) in [5.41, 5.74) is 0. The molecule has 0 radical (unpaired) electrons. The fourth-order valence-corrected chi connectivity index (χ4v) is 2.62. The Labute approximate surface area is 132 Å². The maximum atomic E-state index is 12.0. The first-order valence-corrected chi connectivity index (χ1v) is 7.34. The molecule has 1 unspecified atom stereocenters. The third-order valence-electron chi connectivity index (χ3n) is 3.08. The van der Waals surface area contributed by atoms with E-state index in [2.05, 4.69) is 0 Å². The van der Waals surface area contributed by atoms with Gasteiger partial charge in [-0.25, -0.2) is 0 Å². The maximum Gasteiger partial charge on any atom is 0.260 e. The highest BCUT2D eigenvalue weighted by atomic mass is 35.5. The van der Waals surface area contributed by atoms with Crippen LogP contribution in [0.25, 0.3) is 0 Å². The van der Waals surface area contributed by atoms with Gasteiger partial charge in [0, 0.05) is 19.2 Å².